The van der Waals surface area contributed by atoms with E-state index in [9.17, 15) is 14.4 Å². The van der Waals surface area contributed by atoms with E-state index in [-0.39, 0.29) is 6.04 Å². The van der Waals surface area contributed by atoms with Crippen LogP contribution in [0.25, 0.3) is 6.08 Å². The van der Waals surface area contributed by atoms with Crippen molar-refractivity contribution in [3.05, 3.63) is 29.8 Å². The number of nitrogens with one attached hydrogen (secondary N) is 2. The van der Waals surface area contributed by atoms with Crippen LogP contribution in [0.2, 0.25) is 0 Å². The molecule has 2 N–H and O–H groups in total. The third-order valence-corrected chi connectivity index (χ3v) is 5.00. The van der Waals surface area contributed by atoms with Gasteiger partial charge < -0.3 is 19.5 Å². The fourth-order valence-corrected chi connectivity index (χ4v) is 3.41. The fraction of sp³-hybridized carbons (Fsp3) is 0.476. The Bertz CT molecular complexity index is 791. The molecule has 0 aromatic heterocycles. The number of esters is 1. The molecule has 2 aliphatic rings. The van der Waals surface area contributed by atoms with Crippen molar-refractivity contribution in [1.29, 1.82) is 0 Å². The summed E-state index contributed by atoms with van der Waals surface area (Å²) in [6.07, 6.45) is 6.96. The zero-order valence-corrected chi connectivity index (χ0v) is 16.4. The molecule has 1 heterocycles. The summed E-state index contributed by atoms with van der Waals surface area (Å²) in [7, 11) is 0. The summed E-state index contributed by atoms with van der Waals surface area (Å²) in [5.74, 6) is 0.300. The van der Waals surface area contributed by atoms with Crippen LogP contribution in [0.5, 0.6) is 11.5 Å². The predicted octanol–water partition coefficient (Wildman–Crippen LogP) is 2.42. The van der Waals surface area contributed by atoms with Gasteiger partial charge in [0.1, 0.15) is 13.2 Å². The molecule has 8 heteroatoms. The Balaban J connectivity index is 1.40. The number of carbonyl (C=O) groups is 3. The predicted molar refractivity (Wildman–Crippen MR) is 106 cm³/mol. The van der Waals surface area contributed by atoms with Gasteiger partial charge in [-0.25, -0.2) is 9.59 Å². The molecule has 3 rings (SSSR count). The summed E-state index contributed by atoms with van der Waals surface area (Å²) in [4.78, 5) is 35.5. The molecule has 8 nitrogen and oxygen atoms in total. The van der Waals surface area contributed by atoms with E-state index >= 15 is 0 Å². The number of urea groups is 1. The third kappa shape index (κ3) is 6.23. The lowest BCUT2D eigenvalue weighted by Gasteiger charge is -2.29. The molecule has 0 bridgehead atoms. The molecule has 1 aromatic carbocycles. The summed E-state index contributed by atoms with van der Waals surface area (Å²) >= 11 is 0. The van der Waals surface area contributed by atoms with Gasteiger partial charge in [0.15, 0.2) is 18.1 Å². The van der Waals surface area contributed by atoms with Crippen LogP contribution in [0, 0.1) is 5.92 Å². The van der Waals surface area contributed by atoms with Crippen molar-refractivity contribution in [2.24, 2.45) is 5.92 Å². The second-order valence-electron chi connectivity index (χ2n) is 7.23. The van der Waals surface area contributed by atoms with Gasteiger partial charge in [0.25, 0.3) is 5.91 Å². The topological polar surface area (TPSA) is 103 Å². The van der Waals surface area contributed by atoms with Gasteiger partial charge in [0.2, 0.25) is 0 Å². The van der Waals surface area contributed by atoms with Gasteiger partial charge in [-0.3, -0.25) is 10.1 Å². The van der Waals surface area contributed by atoms with E-state index in [2.05, 4.69) is 17.6 Å². The van der Waals surface area contributed by atoms with Crippen molar-refractivity contribution >= 4 is 24.0 Å². The third-order valence-electron chi connectivity index (χ3n) is 5.00. The van der Waals surface area contributed by atoms with E-state index in [4.69, 9.17) is 14.2 Å². The molecule has 29 heavy (non-hydrogen) atoms. The normalized spacial score (nSPS) is 20.7. The van der Waals surface area contributed by atoms with Crippen LogP contribution in [-0.4, -0.2) is 43.8 Å². The van der Waals surface area contributed by atoms with Gasteiger partial charge in [-0.05, 0) is 42.5 Å². The van der Waals surface area contributed by atoms with Crippen molar-refractivity contribution in [2.75, 3.05) is 19.8 Å². The van der Waals surface area contributed by atoms with Gasteiger partial charge in [-0.15, -0.1) is 0 Å². The van der Waals surface area contributed by atoms with Crippen molar-refractivity contribution in [2.45, 2.75) is 38.6 Å². The first-order chi connectivity index (χ1) is 14.0. The average Bonchev–Trinajstić information content (AvgIpc) is 2.72. The monoisotopic (exact) mass is 402 g/mol. The Morgan fingerprint density at radius 3 is 2.69 bits per heavy atom. The zero-order chi connectivity index (χ0) is 20.6. The first-order valence-corrected chi connectivity index (χ1v) is 9.86. The van der Waals surface area contributed by atoms with E-state index in [0.29, 0.717) is 30.6 Å². The molecule has 1 saturated carbocycles. The first kappa shape index (κ1) is 20.7. The summed E-state index contributed by atoms with van der Waals surface area (Å²) in [6, 6.07) is 4.80. The lowest BCUT2D eigenvalue weighted by Crippen LogP contribution is -2.48. The Labute approximate surface area is 169 Å². The Kier molecular flexibility index (Phi) is 7.10. The average molecular weight is 402 g/mol. The molecule has 1 aromatic rings. The van der Waals surface area contributed by atoms with Gasteiger partial charge >= 0.3 is 12.0 Å². The summed E-state index contributed by atoms with van der Waals surface area (Å²) < 4.78 is 15.8. The van der Waals surface area contributed by atoms with E-state index in [1.807, 2.05) is 0 Å². The second kappa shape index (κ2) is 9.95. The Morgan fingerprint density at radius 2 is 1.90 bits per heavy atom. The van der Waals surface area contributed by atoms with Crippen LogP contribution in [-0.2, 0) is 14.3 Å². The molecule has 3 amide bonds. The van der Waals surface area contributed by atoms with Gasteiger partial charge in [0.05, 0.1) is 0 Å². The van der Waals surface area contributed by atoms with Gasteiger partial charge in [-0.1, -0.05) is 25.8 Å². The van der Waals surface area contributed by atoms with E-state index in [0.717, 1.165) is 31.2 Å². The van der Waals surface area contributed by atoms with Gasteiger partial charge in [-0.2, -0.15) is 0 Å². The quantitative estimate of drug-likeness (QED) is 0.579. The minimum absolute atomic E-state index is 0.0630. The minimum atomic E-state index is -0.684. The molecule has 1 aliphatic heterocycles. The number of hydrogen-bond acceptors (Lipinski definition) is 6. The van der Waals surface area contributed by atoms with E-state index < -0.39 is 24.5 Å². The highest BCUT2D eigenvalue weighted by Crippen LogP contribution is 2.31. The molecule has 0 radical (unpaired) electrons. The number of amides is 3. The van der Waals surface area contributed by atoms with Crippen LogP contribution in [0.3, 0.4) is 0 Å². The van der Waals surface area contributed by atoms with Crippen LogP contribution >= 0.6 is 0 Å². The summed E-state index contributed by atoms with van der Waals surface area (Å²) in [6.45, 7) is 2.54. The van der Waals surface area contributed by atoms with Crippen molar-refractivity contribution in [3.63, 3.8) is 0 Å². The highest BCUT2D eigenvalue weighted by Gasteiger charge is 2.23. The number of imide groups is 1. The molecule has 1 fully saturated rings. The maximum absolute atomic E-state index is 11.9. The molecule has 0 unspecified atom stereocenters. The summed E-state index contributed by atoms with van der Waals surface area (Å²) in [5, 5.41) is 5.00. The number of ether oxygens (including phenoxy) is 3. The Hall–Kier alpha value is -3.03. The largest absolute Gasteiger partial charge is 0.486 e. The van der Waals surface area contributed by atoms with Crippen molar-refractivity contribution in [1.82, 2.24) is 10.6 Å². The number of hydrogen-bond donors (Lipinski definition) is 2. The molecule has 0 saturated heterocycles. The van der Waals surface area contributed by atoms with Crippen LogP contribution < -0.4 is 20.1 Å². The molecular weight excluding hydrogens is 376 g/mol. The van der Waals surface area contributed by atoms with Crippen LogP contribution in [0.1, 0.15) is 38.2 Å². The van der Waals surface area contributed by atoms with Crippen LogP contribution in [0.15, 0.2) is 24.3 Å². The lowest BCUT2D eigenvalue weighted by molar-refractivity contribution is -0.143. The minimum Gasteiger partial charge on any atom is -0.486 e. The Morgan fingerprint density at radius 1 is 1.14 bits per heavy atom. The number of rotatable bonds is 5. The standard InChI is InChI=1S/C21H26N2O6/c1-14-4-2-3-5-16(14)22-21(26)23-19(24)13-29-20(25)9-7-15-6-8-17-18(12-15)28-11-10-27-17/h6-9,12,14,16H,2-5,10-11,13H2,1H3,(H2,22,23,24,26)/b9-7+/t14-,16+/m0/s1. The second-order valence-corrected chi connectivity index (χ2v) is 7.23. The smallest absolute Gasteiger partial charge is 0.331 e. The van der Waals surface area contributed by atoms with Crippen molar-refractivity contribution in [3.8, 4) is 11.5 Å². The van der Waals surface area contributed by atoms with E-state index in [1.165, 1.54) is 6.08 Å². The SMILES string of the molecule is C[C@H]1CCCC[C@H]1NC(=O)NC(=O)COC(=O)/C=C/c1ccc2c(c1)OCCO2. The highest BCUT2D eigenvalue weighted by molar-refractivity contribution is 5.96. The fourth-order valence-electron chi connectivity index (χ4n) is 3.41. The first-order valence-electron chi connectivity index (χ1n) is 9.86. The molecule has 1 aliphatic carbocycles. The lowest BCUT2D eigenvalue weighted by atomic mass is 9.86. The molecule has 2 atom stereocenters. The van der Waals surface area contributed by atoms with Gasteiger partial charge in [0, 0.05) is 12.1 Å². The maximum atomic E-state index is 11.9. The molecular formula is C21H26N2O6. The summed E-state index contributed by atoms with van der Waals surface area (Å²) in [5.41, 5.74) is 0.733. The molecule has 156 valence electrons. The van der Waals surface area contributed by atoms with Crippen LogP contribution in [0.4, 0.5) is 4.79 Å². The maximum Gasteiger partial charge on any atom is 0.331 e. The zero-order valence-electron chi connectivity index (χ0n) is 16.4. The highest BCUT2D eigenvalue weighted by atomic mass is 16.6. The van der Waals surface area contributed by atoms with E-state index in [1.54, 1.807) is 24.3 Å². The van der Waals surface area contributed by atoms with Crippen molar-refractivity contribution < 1.29 is 28.6 Å². The number of benzene rings is 1. The molecule has 0 spiro atoms. The number of carbonyl (C=O) groups excluding carboxylic acids is 3. The number of fused-ring (bicyclic) bond motifs is 1.